The van der Waals surface area contributed by atoms with Crippen molar-refractivity contribution in [3.63, 3.8) is 0 Å². The van der Waals surface area contributed by atoms with E-state index in [1.54, 1.807) is 0 Å². The summed E-state index contributed by atoms with van der Waals surface area (Å²) in [5, 5.41) is 0. The Morgan fingerprint density at radius 1 is 0.556 bits per heavy atom. The zero-order chi connectivity index (χ0) is 18.2. The summed E-state index contributed by atoms with van der Waals surface area (Å²) in [6.45, 7) is 8.78. The van der Waals surface area contributed by atoms with Crippen LogP contribution >= 0.6 is 0 Å². The molecule has 1 saturated carbocycles. The van der Waals surface area contributed by atoms with Crippen molar-refractivity contribution >= 4 is 0 Å². The van der Waals surface area contributed by atoms with Crippen LogP contribution in [0.2, 0.25) is 0 Å². The SMILES string of the molecule is C=C1C(=C)[C@H]2[C@@H]1[C@@]1(c3ccccc3)O[C@]2(c2ccccc2)c2ccccc21. The van der Waals surface area contributed by atoms with Gasteiger partial charge in [-0.15, -0.1) is 0 Å². The van der Waals surface area contributed by atoms with Crippen molar-refractivity contribution in [1.82, 2.24) is 0 Å². The molecule has 2 bridgehead atoms. The summed E-state index contributed by atoms with van der Waals surface area (Å²) in [5.41, 5.74) is 6.25. The number of ether oxygens (including phenoxy) is 1. The Labute approximate surface area is 159 Å². The van der Waals surface area contributed by atoms with Gasteiger partial charge in [-0.2, -0.15) is 0 Å². The second-order valence-corrected chi connectivity index (χ2v) is 7.86. The third-order valence-electron chi connectivity index (χ3n) is 6.83. The van der Waals surface area contributed by atoms with Gasteiger partial charge in [-0.3, -0.25) is 0 Å². The summed E-state index contributed by atoms with van der Waals surface area (Å²) < 4.78 is 7.20. The van der Waals surface area contributed by atoms with E-state index in [-0.39, 0.29) is 11.8 Å². The van der Waals surface area contributed by atoms with Crippen LogP contribution in [0.4, 0.5) is 0 Å². The van der Waals surface area contributed by atoms with Crippen LogP contribution in [-0.2, 0) is 15.9 Å². The minimum absolute atomic E-state index is 0.225. The molecular formula is C26H20O. The van der Waals surface area contributed by atoms with Crippen molar-refractivity contribution in [2.24, 2.45) is 11.8 Å². The lowest BCUT2D eigenvalue weighted by atomic mass is 9.49. The standard InChI is InChI=1S/C26H20O/c1-17-18(2)24-23(17)25(19-11-5-3-6-12-19)21-15-9-10-16-22(21)26(24,27-25)20-13-7-4-8-14-20/h3-16,23-24H,1-2H2/t23-,24+,25+,26-. The fourth-order valence-corrected chi connectivity index (χ4v) is 5.78. The van der Waals surface area contributed by atoms with E-state index >= 15 is 0 Å². The summed E-state index contributed by atoms with van der Waals surface area (Å²) in [7, 11) is 0. The average molecular weight is 348 g/mol. The van der Waals surface area contributed by atoms with Crippen LogP contribution in [0.15, 0.2) is 109 Å². The minimum atomic E-state index is -0.489. The van der Waals surface area contributed by atoms with Crippen molar-refractivity contribution < 1.29 is 4.74 Å². The molecule has 0 radical (unpaired) electrons. The van der Waals surface area contributed by atoms with Gasteiger partial charge in [-0.05, 0) is 33.4 Å². The average Bonchev–Trinajstić information content (AvgIpc) is 3.22. The second kappa shape index (κ2) is 4.88. The Balaban J connectivity index is 1.73. The molecule has 3 aliphatic rings. The highest BCUT2D eigenvalue weighted by Crippen LogP contribution is 2.76. The van der Waals surface area contributed by atoms with Gasteiger partial charge in [0.2, 0.25) is 0 Å². The van der Waals surface area contributed by atoms with E-state index in [1.165, 1.54) is 22.3 Å². The van der Waals surface area contributed by atoms with Crippen LogP contribution in [0.25, 0.3) is 0 Å². The van der Waals surface area contributed by atoms with E-state index in [1.807, 2.05) is 0 Å². The molecule has 1 heteroatoms. The molecule has 27 heavy (non-hydrogen) atoms. The van der Waals surface area contributed by atoms with Crippen LogP contribution in [-0.4, -0.2) is 0 Å². The van der Waals surface area contributed by atoms with Gasteiger partial charge in [0.1, 0.15) is 11.2 Å². The van der Waals surface area contributed by atoms with Crippen molar-refractivity contribution in [2.45, 2.75) is 11.2 Å². The normalized spacial score (nSPS) is 32.7. The molecule has 6 rings (SSSR count). The maximum absolute atomic E-state index is 7.20. The highest BCUT2D eigenvalue weighted by atomic mass is 16.5. The Morgan fingerprint density at radius 3 is 1.33 bits per heavy atom. The quantitative estimate of drug-likeness (QED) is 0.588. The molecule has 3 aromatic carbocycles. The number of hydrogen-bond donors (Lipinski definition) is 0. The third kappa shape index (κ3) is 1.53. The molecule has 2 fully saturated rings. The Bertz CT molecular complexity index is 1010. The zero-order valence-electron chi connectivity index (χ0n) is 15.1. The van der Waals surface area contributed by atoms with Gasteiger partial charge in [0.25, 0.3) is 0 Å². The van der Waals surface area contributed by atoms with Crippen molar-refractivity contribution in [3.05, 3.63) is 131 Å². The van der Waals surface area contributed by atoms with Crippen molar-refractivity contribution in [3.8, 4) is 0 Å². The summed E-state index contributed by atoms with van der Waals surface area (Å²) in [6.07, 6.45) is 0. The third-order valence-corrected chi connectivity index (χ3v) is 6.83. The van der Waals surface area contributed by atoms with Gasteiger partial charge in [-0.25, -0.2) is 0 Å². The number of rotatable bonds is 2. The molecule has 2 aliphatic heterocycles. The van der Waals surface area contributed by atoms with Crippen LogP contribution in [0.5, 0.6) is 0 Å². The first-order valence-electron chi connectivity index (χ1n) is 9.50. The molecule has 0 unspecified atom stereocenters. The zero-order valence-corrected chi connectivity index (χ0v) is 15.1. The molecular weight excluding hydrogens is 328 g/mol. The van der Waals surface area contributed by atoms with Gasteiger partial charge in [0.05, 0.1) is 0 Å². The highest BCUT2D eigenvalue weighted by molar-refractivity contribution is 5.66. The highest BCUT2D eigenvalue weighted by Gasteiger charge is 2.75. The van der Waals surface area contributed by atoms with E-state index < -0.39 is 11.2 Å². The molecule has 4 atom stereocenters. The minimum Gasteiger partial charge on any atom is -0.348 e. The van der Waals surface area contributed by atoms with Gasteiger partial charge in [0, 0.05) is 11.8 Å². The van der Waals surface area contributed by atoms with Gasteiger partial charge in [-0.1, -0.05) is 98.1 Å². The maximum atomic E-state index is 7.20. The smallest absolute Gasteiger partial charge is 0.128 e. The van der Waals surface area contributed by atoms with Crippen molar-refractivity contribution in [1.29, 1.82) is 0 Å². The predicted molar refractivity (Wildman–Crippen MR) is 107 cm³/mol. The van der Waals surface area contributed by atoms with Crippen LogP contribution in [0, 0.1) is 11.8 Å². The molecule has 0 N–H and O–H groups in total. The molecule has 3 aromatic rings. The summed E-state index contributed by atoms with van der Waals surface area (Å²) in [6, 6.07) is 30.0. The lowest BCUT2D eigenvalue weighted by Gasteiger charge is -2.50. The molecule has 0 amide bonds. The second-order valence-electron chi connectivity index (χ2n) is 7.86. The predicted octanol–water partition coefficient (Wildman–Crippen LogP) is 5.58. The first-order chi connectivity index (χ1) is 13.2. The Kier molecular flexibility index (Phi) is 2.74. The van der Waals surface area contributed by atoms with E-state index in [4.69, 9.17) is 4.74 Å². The first-order valence-corrected chi connectivity index (χ1v) is 9.50. The number of fused-ring (bicyclic) bond motifs is 8. The van der Waals surface area contributed by atoms with E-state index in [0.29, 0.717) is 0 Å². The van der Waals surface area contributed by atoms with E-state index in [9.17, 15) is 0 Å². The van der Waals surface area contributed by atoms with Crippen LogP contribution < -0.4 is 0 Å². The molecule has 2 heterocycles. The summed E-state index contributed by atoms with van der Waals surface area (Å²) in [4.78, 5) is 0. The molecule has 1 aliphatic carbocycles. The Hall–Kier alpha value is -2.90. The fraction of sp³-hybridized carbons (Fsp3) is 0.154. The molecule has 1 nitrogen and oxygen atoms in total. The van der Waals surface area contributed by atoms with E-state index in [0.717, 1.165) is 11.1 Å². The van der Waals surface area contributed by atoms with E-state index in [2.05, 4.69) is 98.1 Å². The Morgan fingerprint density at radius 2 is 0.926 bits per heavy atom. The maximum Gasteiger partial charge on any atom is 0.128 e. The van der Waals surface area contributed by atoms with Gasteiger partial charge >= 0.3 is 0 Å². The van der Waals surface area contributed by atoms with Crippen molar-refractivity contribution in [2.75, 3.05) is 0 Å². The monoisotopic (exact) mass is 348 g/mol. The molecule has 0 spiro atoms. The topological polar surface area (TPSA) is 9.23 Å². The molecule has 0 aromatic heterocycles. The van der Waals surface area contributed by atoms with Gasteiger partial charge < -0.3 is 4.74 Å². The number of hydrogen-bond acceptors (Lipinski definition) is 1. The van der Waals surface area contributed by atoms with Gasteiger partial charge in [0.15, 0.2) is 0 Å². The first kappa shape index (κ1) is 15.2. The lowest BCUT2D eigenvalue weighted by molar-refractivity contribution is -0.0495. The number of benzene rings is 3. The fourth-order valence-electron chi connectivity index (χ4n) is 5.78. The summed E-state index contributed by atoms with van der Waals surface area (Å²) in [5.74, 6) is 0.449. The molecule has 130 valence electrons. The lowest BCUT2D eigenvalue weighted by Crippen LogP contribution is -2.49. The van der Waals surface area contributed by atoms with Crippen LogP contribution in [0.3, 0.4) is 0 Å². The molecule has 1 saturated heterocycles. The largest absolute Gasteiger partial charge is 0.348 e. The van der Waals surface area contributed by atoms with Crippen LogP contribution in [0.1, 0.15) is 22.3 Å². The summed E-state index contributed by atoms with van der Waals surface area (Å²) >= 11 is 0.